The third-order valence-corrected chi connectivity index (χ3v) is 9.40. The van der Waals surface area contributed by atoms with Crippen LogP contribution in [0.5, 0.6) is 5.75 Å². The summed E-state index contributed by atoms with van der Waals surface area (Å²) in [6, 6.07) is 8.16. The van der Waals surface area contributed by atoms with E-state index >= 15 is 8.78 Å². The standard InChI is InChI=1S/C37H33F6N7O3/c1-36(2,52)10-9-20-5-6-21(22-7-8-26(53-4)29-32(22)49(3)48-35(29)44)30(45-20)25(13-17-11-18(38)14-19(39)12-17)46-27(51)16-50-33-28(31(47-50)34(40)41)23-15-24(23)37(33,42)43/h5-8,11-12,14,23-25,34,52H,13,15-16H2,1-4H3,(H2,44,48)(H,46,51). The molecular weight excluding hydrogens is 704 g/mol. The number of carbonyl (C=O) groups is 1. The van der Waals surface area contributed by atoms with E-state index in [4.69, 9.17) is 15.5 Å². The van der Waals surface area contributed by atoms with Crippen LogP contribution < -0.4 is 15.8 Å². The van der Waals surface area contributed by atoms with Crippen molar-refractivity contribution in [2.75, 3.05) is 12.8 Å². The lowest BCUT2D eigenvalue weighted by Gasteiger charge is -2.23. The molecule has 3 atom stereocenters. The minimum Gasteiger partial charge on any atom is -0.496 e. The van der Waals surface area contributed by atoms with Crippen LogP contribution in [0.3, 0.4) is 0 Å². The van der Waals surface area contributed by atoms with E-state index in [1.807, 2.05) is 0 Å². The van der Waals surface area contributed by atoms with Gasteiger partial charge in [-0.15, -0.1) is 0 Å². The summed E-state index contributed by atoms with van der Waals surface area (Å²) in [6.45, 7) is 2.07. The van der Waals surface area contributed by atoms with Gasteiger partial charge in [0, 0.05) is 35.7 Å². The molecule has 1 amide bonds. The Hall–Kier alpha value is -5.56. The summed E-state index contributed by atoms with van der Waals surface area (Å²) >= 11 is 0. The van der Waals surface area contributed by atoms with Crippen LogP contribution in [-0.4, -0.2) is 48.3 Å². The molecule has 10 nitrogen and oxygen atoms in total. The smallest absolute Gasteiger partial charge is 0.293 e. The van der Waals surface area contributed by atoms with E-state index in [0.717, 1.165) is 12.1 Å². The maximum absolute atomic E-state index is 15.3. The monoisotopic (exact) mass is 737 g/mol. The molecule has 2 aliphatic rings. The van der Waals surface area contributed by atoms with Crippen molar-refractivity contribution in [3.8, 4) is 28.7 Å². The number of ether oxygens (including phenoxy) is 1. The molecule has 2 aliphatic carbocycles. The molecule has 276 valence electrons. The number of nitrogens with two attached hydrogens (primary N) is 1. The Labute approximate surface area is 298 Å². The number of aliphatic hydroxyl groups is 1. The number of nitrogens with zero attached hydrogens (tertiary/aromatic N) is 5. The number of nitrogen functional groups attached to an aromatic ring is 1. The highest BCUT2D eigenvalue weighted by atomic mass is 19.3. The molecule has 0 saturated heterocycles. The molecule has 4 N–H and O–H groups in total. The van der Waals surface area contributed by atoms with Gasteiger partial charge in [0.1, 0.15) is 46.6 Å². The van der Waals surface area contributed by atoms with E-state index in [0.29, 0.717) is 38.5 Å². The van der Waals surface area contributed by atoms with E-state index in [1.165, 1.54) is 25.6 Å². The summed E-state index contributed by atoms with van der Waals surface area (Å²) in [5, 5.41) is 21.6. The fraction of sp³-hybridized carbons (Fsp3) is 0.351. The van der Waals surface area contributed by atoms with Crippen molar-refractivity contribution in [3.05, 3.63) is 88.0 Å². The Morgan fingerprint density at radius 1 is 1.11 bits per heavy atom. The van der Waals surface area contributed by atoms with Crippen LogP contribution in [0, 0.1) is 29.4 Å². The van der Waals surface area contributed by atoms with Crippen LogP contribution in [-0.2, 0) is 30.7 Å². The van der Waals surface area contributed by atoms with E-state index in [-0.39, 0.29) is 41.2 Å². The third-order valence-electron chi connectivity index (χ3n) is 9.40. The van der Waals surface area contributed by atoms with Crippen LogP contribution in [0.15, 0.2) is 42.5 Å². The number of halogens is 6. The van der Waals surface area contributed by atoms with Gasteiger partial charge < -0.3 is 20.9 Å². The van der Waals surface area contributed by atoms with Crippen molar-refractivity contribution >= 4 is 22.6 Å². The maximum atomic E-state index is 15.3. The average Bonchev–Trinajstić information content (AvgIpc) is 3.63. The number of carbonyl (C=O) groups excluding carboxylic acids is 1. The highest BCUT2D eigenvalue weighted by Crippen LogP contribution is 2.68. The lowest BCUT2D eigenvalue weighted by Crippen LogP contribution is -2.35. The number of fused-ring (bicyclic) bond motifs is 4. The number of pyridine rings is 1. The Morgan fingerprint density at radius 2 is 1.81 bits per heavy atom. The molecule has 3 heterocycles. The van der Waals surface area contributed by atoms with Crippen LogP contribution in [0.1, 0.15) is 72.6 Å². The molecule has 1 fully saturated rings. The molecule has 0 spiro atoms. The fourth-order valence-corrected chi connectivity index (χ4v) is 7.19. The zero-order valence-electron chi connectivity index (χ0n) is 28.8. The number of nitrogens with one attached hydrogen (secondary N) is 1. The molecule has 53 heavy (non-hydrogen) atoms. The van der Waals surface area contributed by atoms with Crippen molar-refractivity contribution in [2.45, 2.75) is 63.1 Å². The van der Waals surface area contributed by atoms with Crippen LogP contribution in [0.4, 0.5) is 32.2 Å². The highest BCUT2D eigenvalue weighted by Gasteiger charge is 2.67. The van der Waals surface area contributed by atoms with Gasteiger partial charge >= 0.3 is 0 Å². The van der Waals surface area contributed by atoms with E-state index in [9.17, 15) is 27.5 Å². The lowest BCUT2D eigenvalue weighted by molar-refractivity contribution is -0.123. The van der Waals surface area contributed by atoms with Crippen LogP contribution in [0.2, 0.25) is 0 Å². The van der Waals surface area contributed by atoms with E-state index < -0.39 is 71.3 Å². The molecular formula is C37H33F6N7O3. The quantitative estimate of drug-likeness (QED) is 0.124. The topological polar surface area (TPSA) is 133 Å². The second-order valence-corrected chi connectivity index (χ2v) is 13.8. The van der Waals surface area contributed by atoms with Crippen molar-refractivity contribution in [1.29, 1.82) is 0 Å². The summed E-state index contributed by atoms with van der Waals surface area (Å²) in [4.78, 5) is 18.6. The first-order valence-corrected chi connectivity index (χ1v) is 16.5. The fourth-order valence-electron chi connectivity index (χ4n) is 7.19. The summed E-state index contributed by atoms with van der Waals surface area (Å²) in [6.07, 6.45) is -3.36. The Morgan fingerprint density at radius 3 is 2.47 bits per heavy atom. The largest absolute Gasteiger partial charge is 0.496 e. The molecule has 5 aromatic rings. The lowest BCUT2D eigenvalue weighted by atomic mass is 9.93. The van der Waals surface area contributed by atoms with Gasteiger partial charge in [-0.3, -0.25) is 14.2 Å². The highest BCUT2D eigenvalue weighted by molar-refractivity contribution is 6.03. The summed E-state index contributed by atoms with van der Waals surface area (Å²) in [5.41, 5.74) is 4.90. The number of aryl methyl sites for hydroxylation is 1. The minimum absolute atomic E-state index is 0.0476. The summed E-state index contributed by atoms with van der Waals surface area (Å²) in [7, 11) is 3.12. The third kappa shape index (κ3) is 6.54. The predicted molar refractivity (Wildman–Crippen MR) is 181 cm³/mol. The average molecular weight is 738 g/mol. The molecule has 16 heteroatoms. The van der Waals surface area contributed by atoms with Gasteiger partial charge in [-0.05, 0) is 80.5 Å². The molecule has 3 aromatic heterocycles. The van der Waals surface area contributed by atoms with Gasteiger partial charge in [0.25, 0.3) is 12.3 Å². The van der Waals surface area contributed by atoms with Crippen molar-refractivity contribution in [1.82, 2.24) is 29.9 Å². The zero-order valence-corrected chi connectivity index (χ0v) is 28.8. The number of hydrogen-bond acceptors (Lipinski definition) is 7. The molecule has 0 aliphatic heterocycles. The number of hydrogen-bond donors (Lipinski definition) is 3. The van der Waals surface area contributed by atoms with Crippen molar-refractivity contribution in [3.63, 3.8) is 0 Å². The second-order valence-electron chi connectivity index (χ2n) is 13.8. The Balaban J connectivity index is 1.37. The number of anilines is 1. The number of alkyl halides is 4. The molecule has 1 saturated carbocycles. The predicted octanol–water partition coefficient (Wildman–Crippen LogP) is 6.07. The Kier molecular flexibility index (Phi) is 8.67. The molecule has 0 radical (unpaired) electrons. The molecule has 2 aromatic carbocycles. The Bertz CT molecular complexity index is 2330. The van der Waals surface area contributed by atoms with Gasteiger partial charge in [-0.25, -0.2) is 22.5 Å². The molecule has 7 rings (SSSR count). The number of methoxy groups -OCH3 is 1. The van der Waals surface area contributed by atoms with Gasteiger partial charge in [-0.1, -0.05) is 5.92 Å². The minimum atomic E-state index is -3.47. The van der Waals surface area contributed by atoms with Crippen molar-refractivity contribution in [2.24, 2.45) is 13.0 Å². The van der Waals surface area contributed by atoms with Gasteiger partial charge in [-0.2, -0.15) is 19.0 Å². The van der Waals surface area contributed by atoms with E-state index in [2.05, 4.69) is 27.4 Å². The first-order chi connectivity index (χ1) is 25.0. The number of aromatic nitrogens is 5. The summed E-state index contributed by atoms with van der Waals surface area (Å²) < 4.78 is 95.3. The molecule has 0 bridgehead atoms. The zero-order chi connectivity index (χ0) is 38.1. The van der Waals surface area contributed by atoms with Crippen LogP contribution >= 0.6 is 0 Å². The van der Waals surface area contributed by atoms with Gasteiger partial charge in [0.2, 0.25) is 5.91 Å². The van der Waals surface area contributed by atoms with Gasteiger partial charge in [0.05, 0.1) is 29.7 Å². The number of benzene rings is 2. The maximum Gasteiger partial charge on any atom is 0.293 e. The number of rotatable bonds is 9. The summed E-state index contributed by atoms with van der Waals surface area (Å²) in [5.74, 6) is -2.02. The van der Waals surface area contributed by atoms with Crippen molar-refractivity contribution < 1.29 is 41.0 Å². The SMILES string of the molecule is COc1ccc(-c2ccc(C#CC(C)(C)O)nc2C(Cc2cc(F)cc(F)c2)NC(=O)Cn2nc(C(F)F)c3c2C(F)(F)C2CC32)c2c1c(N)nn2C. The first kappa shape index (κ1) is 35.8. The normalized spacial score (nSPS) is 17.7. The number of amides is 1. The van der Waals surface area contributed by atoms with Gasteiger partial charge in [0.15, 0.2) is 5.82 Å². The first-order valence-electron chi connectivity index (χ1n) is 16.5. The second kappa shape index (κ2) is 12.8. The van der Waals surface area contributed by atoms with Crippen LogP contribution in [0.25, 0.3) is 22.0 Å². The molecule has 3 unspecified atom stereocenters. The van der Waals surface area contributed by atoms with E-state index in [1.54, 1.807) is 31.3 Å².